The zero-order valence-corrected chi connectivity index (χ0v) is 14.4. The van der Waals surface area contributed by atoms with Crippen LogP contribution in [0.1, 0.15) is 64.0 Å². The van der Waals surface area contributed by atoms with Gasteiger partial charge >= 0.3 is 0 Å². The average Bonchev–Trinajstić information content (AvgIpc) is 2.55. The monoisotopic (exact) mass is 332 g/mol. The lowest BCUT2D eigenvalue weighted by molar-refractivity contribution is -0.306. The number of aliphatic carboxylic acids is 1. The molecule has 0 bridgehead atoms. The Bertz CT molecular complexity index is 547. The molecule has 132 valence electrons. The molecule has 2 rings (SSSR count). The SMILES string of the molecule is CC(C)Oc1ccc([C@@H](CC(=O)[O-])NC(=O)C2CCCCC2)cc1. The summed E-state index contributed by atoms with van der Waals surface area (Å²) in [5.41, 5.74) is 0.750. The summed E-state index contributed by atoms with van der Waals surface area (Å²) >= 11 is 0. The van der Waals surface area contributed by atoms with Gasteiger partial charge in [0.15, 0.2) is 0 Å². The largest absolute Gasteiger partial charge is 0.550 e. The van der Waals surface area contributed by atoms with E-state index in [0.717, 1.165) is 37.0 Å². The van der Waals surface area contributed by atoms with E-state index in [-0.39, 0.29) is 24.3 Å². The number of rotatable bonds is 7. The minimum absolute atomic E-state index is 0.00782. The lowest BCUT2D eigenvalue weighted by atomic mass is 9.88. The van der Waals surface area contributed by atoms with Crippen LogP contribution in [0, 0.1) is 5.92 Å². The van der Waals surface area contributed by atoms with Crippen molar-refractivity contribution in [1.82, 2.24) is 5.32 Å². The number of carbonyl (C=O) groups excluding carboxylic acids is 2. The number of carboxylic acids is 1. The first-order valence-electron chi connectivity index (χ1n) is 8.72. The summed E-state index contributed by atoms with van der Waals surface area (Å²) < 4.78 is 5.59. The maximum Gasteiger partial charge on any atom is 0.223 e. The van der Waals surface area contributed by atoms with Gasteiger partial charge in [-0.2, -0.15) is 0 Å². The fourth-order valence-electron chi connectivity index (χ4n) is 3.12. The lowest BCUT2D eigenvalue weighted by Crippen LogP contribution is -2.38. The van der Waals surface area contributed by atoms with Gasteiger partial charge in [-0.1, -0.05) is 31.4 Å². The van der Waals surface area contributed by atoms with E-state index in [9.17, 15) is 14.7 Å². The molecular weight excluding hydrogens is 306 g/mol. The van der Waals surface area contributed by atoms with Crippen molar-refractivity contribution in [2.45, 2.75) is 64.5 Å². The Morgan fingerprint density at radius 1 is 1.17 bits per heavy atom. The van der Waals surface area contributed by atoms with Crippen molar-refractivity contribution >= 4 is 11.9 Å². The van der Waals surface area contributed by atoms with Gasteiger partial charge < -0.3 is 20.0 Å². The molecule has 1 aliphatic carbocycles. The van der Waals surface area contributed by atoms with Crippen LogP contribution >= 0.6 is 0 Å². The zero-order valence-electron chi connectivity index (χ0n) is 14.4. The summed E-state index contributed by atoms with van der Waals surface area (Å²) in [6.07, 6.45) is 4.89. The zero-order chi connectivity index (χ0) is 17.5. The molecule has 0 radical (unpaired) electrons. The Hall–Kier alpha value is -2.04. The highest BCUT2D eigenvalue weighted by Crippen LogP contribution is 2.26. The number of carboxylic acid groups (broad SMARTS) is 1. The van der Waals surface area contributed by atoms with Crippen molar-refractivity contribution in [3.63, 3.8) is 0 Å². The highest BCUT2D eigenvalue weighted by Gasteiger charge is 2.24. The molecule has 0 unspecified atom stereocenters. The van der Waals surface area contributed by atoms with Crippen molar-refractivity contribution in [2.24, 2.45) is 5.92 Å². The fourth-order valence-corrected chi connectivity index (χ4v) is 3.12. The maximum absolute atomic E-state index is 12.4. The molecule has 5 heteroatoms. The molecule has 0 spiro atoms. The number of hydrogen-bond donors (Lipinski definition) is 1. The van der Waals surface area contributed by atoms with E-state index >= 15 is 0 Å². The van der Waals surface area contributed by atoms with Gasteiger partial charge in [0.25, 0.3) is 0 Å². The quantitative estimate of drug-likeness (QED) is 0.831. The highest BCUT2D eigenvalue weighted by molar-refractivity contribution is 5.80. The van der Waals surface area contributed by atoms with Crippen molar-refractivity contribution in [3.8, 4) is 5.75 Å². The Balaban J connectivity index is 2.06. The van der Waals surface area contributed by atoms with Crippen LogP contribution in [0.3, 0.4) is 0 Å². The van der Waals surface area contributed by atoms with E-state index < -0.39 is 12.0 Å². The van der Waals surface area contributed by atoms with Gasteiger partial charge in [0.1, 0.15) is 5.75 Å². The molecule has 1 aliphatic rings. The minimum Gasteiger partial charge on any atom is -0.550 e. The standard InChI is InChI=1S/C19H27NO4/c1-13(2)24-16-10-8-14(9-11-16)17(12-18(21)22)20-19(23)15-6-4-3-5-7-15/h8-11,13,15,17H,3-7,12H2,1-2H3,(H,20,23)(H,21,22)/p-1/t17-/m1/s1. The molecule has 1 aromatic carbocycles. The summed E-state index contributed by atoms with van der Waals surface area (Å²) in [4.78, 5) is 23.5. The van der Waals surface area contributed by atoms with Crippen LogP contribution in [0.4, 0.5) is 0 Å². The summed E-state index contributed by atoms with van der Waals surface area (Å²) in [5.74, 6) is -0.513. The molecule has 0 saturated heterocycles. The second-order valence-electron chi connectivity index (χ2n) is 6.71. The lowest BCUT2D eigenvalue weighted by Gasteiger charge is -2.25. The van der Waals surface area contributed by atoms with E-state index in [1.165, 1.54) is 6.42 Å². The highest BCUT2D eigenvalue weighted by atomic mass is 16.5. The summed E-state index contributed by atoms with van der Waals surface area (Å²) in [5, 5.41) is 14.0. The normalized spacial score (nSPS) is 16.6. The molecular formula is C19H26NO4-. The van der Waals surface area contributed by atoms with E-state index in [4.69, 9.17) is 4.74 Å². The number of nitrogens with one attached hydrogen (secondary N) is 1. The Morgan fingerprint density at radius 2 is 1.79 bits per heavy atom. The molecule has 0 aliphatic heterocycles. The number of amides is 1. The smallest absolute Gasteiger partial charge is 0.223 e. The molecule has 0 aromatic heterocycles. The van der Waals surface area contributed by atoms with Crippen LogP contribution in [-0.2, 0) is 9.59 Å². The van der Waals surface area contributed by atoms with Gasteiger partial charge in [0.05, 0.1) is 12.1 Å². The van der Waals surface area contributed by atoms with Crippen LogP contribution in [-0.4, -0.2) is 18.0 Å². The Kier molecular flexibility index (Phi) is 6.64. The summed E-state index contributed by atoms with van der Waals surface area (Å²) in [7, 11) is 0. The van der Waals surface area contributed by atoms with E-state index in [1.54, 1.807) is 24.3 Å². The first-order chi connectivity index (χ1) is 11.5. The molecule has 1 amide bonds. The molecule has 1 N–H and O–H groups in total. The van der Waals surface area contributed by atoms with Crippen LogP contribution < -0.4 is 15.2 Å². The molecule has 0 heterocycles. The first kappa shape index (κ1) is 18.3. The molecule has 1 saturated carbocycles. The van der Waals surface area contributed by atoms with Gasteiger partial charge in [-0.05, 0) is 44.4 Å². The van der Waals surface area contributed by atoms with Crippen LogP contribution in [0.25, 0.3) is 0 Å². The summed E-state index contributed by atoms with van der Waals surface area (Å²) in [6.45, 7) is 3.88. The third kappa shape index (κ3) is 5.55. The van der Waals surface area contributed by atoms with E-state index in [2.05, 4.69) is 5.32 Å². The van der Waals surface area contributed by atoms with Gasteiger partial charge in [-0.25, -0.2) is 0 Å². The van der Waals surface area contributed by atoms with Crippen molar-refractivity contribution in [3.05, 3.63) is 29.8 Å². The van der Waals surface area contributed by atoms with Gasteiger partial charge in [-0.15, -0.1) is 0 Å². The van der Waals surface area contributed by atoms with Crippen LogP contribution in [0.5, 0.6) is 5.75 Å². The third-order valence-electron chi connectivity index (χ3n) is 4.32. The van der Waals surface area contributed by atoms with Crippen molar-refractivity contribution in [2.75, 3.05) is 0 Å². The second-order valence-corrected chi connectivity index (χ2v) is 6.71. The number of benzene rings is 1. The van der Waals surface area contributed by atoms with Crippen molar-refractivity contribution < 1.29 is 19.4 Å². The predicted octanol–water partition coefficient (Wildman–Crippen LogP) is 2.35. The van der Waals surface area contributed by atoms with Crippen molar-refractivity contribution in [1.29, 1.82) is 0 Å². The predicted molar refractivity (Wildman–Crippen MR) is 89.3 cm³/mol. The van der Waals surface area contributed by atoms with E-state index in [0.29, 0.717) is 0 Å². The molecule has 5 nitrogen and oxygen atoms in total. The molecule has 1 aromatic rings. The van der Waals surface area contributed by atoms with Crippen LogP contribution in [0.2, 0.25) is 0 Å². The number of hydrogen-bond acceptors (Lipinski definition) is 4. The van der Waals surface area contributed by atoms with Crippen LogP contribution in [0.15, 0.2) is 24.3 Å². The fraction of sp³-hybridized carbons (Fsp3) is 0.579. The second kappa shape index (κ2) is 8.71. The Morgan fingerprint density at radius 3 is 2.33 bits per heavy atom. The topological polar surface area (TPSA) is 78.5 Å². The van der Waals surface area contributed by atoms with Gasteiger partial charge in [0, 0.05) is 18.3 Å². The first-order valence-corrected chi connectivity index (χ1v) is 8.72. The number of ether oxygens (including phenoxy) is 1. The maximum atomic E-state index is 12.4. The molecule has 24 heavy (non-hydrogen) atoms. The average molecular weight is 332 g/mol. The summed E-state index contributed by atoms with van der Waals surface area (Å²) in [6, 6.07) is 6.62. The minimum atomic E-state index is -1.17. The molecule has 1 fully saturated rings. The van der Waals surface area contributed by atoms with Gasteiger partial charge in [-0.3, -0.25) is 4.79 Å². The third-order valence-corrected chi connectivity index (χ3v) is 4.32. The molecule has 1 atom stereocenters. The Labute approximate surface area is 143 Å². The van der Waals surface area contributed by atoms with E-state index in [1.807, 2.05) is 13.8 Å². The van der Waals surface area contributed by atoms with Gasteiger partial charge in [0.2, 0.25) is 5.91 Å². The number of carbonyl (C=O) groups is 2.